The van der Waals surface area contributed by atoms with E-state index in [2.05, 4.69) is 28.6 Å². The van der Waals surface area contributed by atoms with Crippen LogP contribution in [0.1, 0.15) is 31.2 Å². The van der Waals surface area contributed by atoms with Crippen LogP contribution < -0.4 is 33.2 Å². The monoisotopic (exact) mass is 510 g/mol. The summed E-state index contributed by atoms with van der Waals surface area (Å²) in [6, 6.07) is 4.11. The summed E-state index contributed by atoms with van der Waals surface area (Å²) in [5, 5.41) is 16.7. The Kier molecular flexibility index (Phi) is 13.4. The molecule has 0 bridgehead atoms. The highest BCUT2D eigenvalue weighted by Crippen LogP contribution is 2.07. The quantitative estimate of drug-likeness (QED) is 0.0918. The molecule has 194 valence electrons. The van der Waals surface area contributed by atoms with Crippen LogP contribution in [0.25, 0.3) is 0 Å². The summed E-state index contributed by atoms with van der Waals surface area (Å²) in [7, 11) is 0. The molecular weight excluding hydrogens is 476 g/mol. The van der Waals surface area contributed by atoms with Gasteiger partial charge in [-0.25, -0.2) is 4.79 Å². The second-order valence-corrected chi connectivity index (χ2v) is 8.32. The Morgan fingerprint density at radius 2 is 1.46 bits per heavy atom. The molecule has 0 heterocycles. The highest BCUT2D eigenvalue weighted by Gasteiger charge is 2.30. The number of carbonyl (C=O) groups is 5. The summed E-state index contributed by atoms with van der Waals surface area (Å²) in [4.78, 5) is 60.8. The summed E-state index contributed by atoms with van der Waals surface area (Å²) in [6.45, 7) is 0.376. The van der Waals surface area contributed by atoms with Gasteiger partial charge in [-0.05, 0) is 31.4 Å². The van der Waals surface area contributed by atoms with Crippen LogP contribution in [0, 0.1) is 0 Å². The summed E-state index contributed by atoms with van der Waals surface area (Å²) in [5.41, 5.74) is 17.0. The predicted octanol–water partition coefficient (Wildman–Crippen LogP) is -1.97. The van der Waals surface area contributed by atoms with E-state index in [1.165, 1.54) is 0 Å². The van der Waals surface area contributed by atoms with Crippen molar-refractivity contribution in [3.63, 3.8) is 0 Å². The first kappa shape index (κ1) is 29.9. The Hall–Kier alpha value is -3.16. The number of hydrogen-bond donors (Lipinski definition) is 8. The first-order chi connectivity index (χ1) is 16.6. The van der Waals surface area contributed by atoms with Crippen LogP contribution in [0.4, 0.5) is 0 Å². The van der Waals surface area contributed by atoms with Gasteiger partial charge in [-0.1, -0.05) is 30.3 Å². The Morgan fingerprint density at radius 3 is 2.00 bits per heavy atom. The standard InChI is InChI=1S/C22H34N6O6S/c23-9-5-4-8-15(20(31)28-17(12-35)22(33)34)26-21(32)16(10-13-6-2-1-3-7-13)27-19(30)14(24)11-18(25)29/h1-3,6-7,14-17,35H,4-5,8-12,23-24H2,(H2,25,29)(H,26,32)(H,27,30)(H,28,31)(H,33,34). The fraction of sp³-hybridized carbons (Fsp3) is 0.500. The SMILES string of the molecule is NCCCCC(NC(=O)C(Cc1ccccc1)NC(=O)C(N)CC(N)=O)C(=O)NC(CS)C(=O)O. The van der Waals surface area contributed by atoms with Gasteiger partial charge in [0.25, 0.3) is 0 Å². The molecule has 1 aromatic rings. The smallest absolute Gasteiger partial charge is 0.327 e. The van der Waals surface area contributed by atoms with Crippen molar-refractivity contribution in [1.29, 1.82) is 0 Å². The molecule has 0 saturated heterocycles. The Bertz CT molecular complexity index is 871. The van der Waals surface area contributed by atoms with Gasteiger partial charge in [0.2, 0.25) is 23.6 Å². The van der Waals surface area contributed by atoms with Gasteiger partial charge in [0, 0.05) is 12.2 Å². The molecule has 0 aliphatic rings. The first-order valence-corrected chi connectivity index (χ1v) is 11.7. The highest BCUT2D eigenvalue weighted by molar-refractivity contribution is 7.80. The van der Waals surface area contributed by atoms with Crippen molar-refractivity contribution in [3.8, 4) is 0 Å². The molecule has 4 amide bonds. The average Bonchev–Trinajstić information content (AvgIpc) is 2.81. The van der Waals surface area contributed by atoms with Gasteiger partial charge in [0.15, 0.2) is 0 Å². The molecule has 0 radical (unpaired) electrons. The van der Waals surface area contributed by atoms with Gasteiger partial charge >= 0.3 is 5.97 Å². The number of thiol groups is 1. The van der Waals surface area contributed by atoms with Crippen LogP contribution >= 0.6 is 12.6 Å². The van der Waals surface area contributed by atoms with Gasteiger partial charge in [-0.15, -0.1) is 0 Å². The molecule has 12 nitrogen and oxygen atoms in total. The van der Waals surface area contributed by atoms with Gasteiger partial charge in [-0.3, -0.25) is 19.2 Å². The van der Waals surface area contributed by atoms with Crippen LogP contribution in [0.2, 0.25) is 0 Å². The molecule has 13 heteroatoms. The van der Waals surface area contributed by atoms with Crippen LogP contribution in [-0.4, -0.2) is 71.2 Å². The van der Waals surface area contributed by atoms with E-state index >= 15 is 0 Å². The van der Waals surface area contributed by atoms with E-state index in [4.69, 9.17) is 17.2 Å². The molecule has 4 atom stereocenters. The number of primary amides is 1. The van der Waals surface area contributed by atoms with E-state index < -0.39 is 60.2 Å². The third kappa shape index (κ3) is 11.2. The number of hydrogen-bond acceptors (Lipinski definition) is 8. The van der Waals surface area contributed by atoms with Crippen molar-refractivity contribution in [1.82, 2.24) is 16.0 Å². The highest BCUT2D eigenvalue weighted by atomic mass is 32.1. The van der Waals surface area contributed by atoms with Crippen LogP contribution in [0.15, 0.2) is 30.3 Å². The minimum absolute atomic E-state index is 0.0766. The summed E-state index contributed by atoms with van der Waals surface area (Å²) < 4.78 is 0. The van der Waals surface area contributed by atoms with E-state index in [0.29, 0.717) is 19.4 Å². The topological polar surface area (TPSA) is 220 Å². The molecule has 0 spiro atoms. The lowest BCUT2D eigenvalue weighted by Crippen LogP contribution is -2.58. The number of nitrogens with one attached hydrogen (secondary N) is 3. The normalized spacial score (nSPS) is 14.1. The van der Waals surface area contributed by atoms with E-state index in [1.807, 2.05) is 0 Å². The van der Waals surface area contributed by atoms with Crippen molar-refractivity contribution in [2.24, 2.45) is 17.2 Å². The van der Waals surface area contributed by atoms with Gasteiger partial charge in [0.05, 0.1) is 12.5 Å². The van der Waals surface area contributed by atoms with E-state index in [1.54, 1.807) is 30.3 Å². The lowest BCUT2D eigenvalue weighted by Gasteiger charge is -2.25. The number of rotatable bonds is 16. The number of unbranched alkanes of at least 4 members (excludes halogenated alkanes) is 1. The molecule has 10 N–H and O–H groups in total. The fourth-order valence-electron chi connectivity index (χ4n) is 3.14. The minimum atomic E-state index is -1.27. The molecule has 1 rings (SSSR count). The molecule has 0 aromatic heterocycles. The summed E-state index contributed by atoms with van der Waals surface area (Å²) in [6.07, 6.45) is 0.942. The number of carbonyl (C=O) groups excluding carboxylic acids is 4. The van der Waals surface area contributed by atoms with Crippen molar-refractivity contribution in [2.45, 2.75) is 56.3 Å². The van der Waals surface area contributed by atoms with Crippen molar-refractivity contribution < 1.29 is 29.1 Å². The lowest BCUT2D eigenvalue weighted by molar-refractivity contribution is -0.141. The Balaban J connectivity index is 3.07. The first-order valence-electron chi connectivity index (χ1n) is 11.1. The zero-order chi connectivity index (χ0) is 26.4. The second kappa shape index (κ2) is 15.7. The molecule has 0 fully saturated rings. The largest absolute Gasteiger partial charge is 0.480 e. The number of benzene rings is 1. The van der Waals surface area contributed by atoms with Gasteiger partial charge in [0.1, 0.15) is 18.1 Å². The maximum absolute atomic E-state index is 13.2. The average molecular weight is 511 g/mol. The predicted molar refractivity (Wildman–Crippen MR) is 132 cm³/mol. The number of amides is 4. The molecule has 0 aliphatic carbocycles. The van der Waals surface area contributed by atoms with E-state index in [9.17, 15) is 29.1 Å². The van der Waals surface area contributed by atoms with Crippen molar-refractivity contribution >= 4 is 42.2 Å². The molecule has 0 aliphatic heterocycles. The zero-order valence-electron chi connectivity index (χ0n) is 19.3. The van der Waals surface area contributed by atoms with Crippen LogP contribution in [-0.2, 0) is 30.4 Å². The van der Waals surface area contributed by atoms with Crippen molar-refractivity contribution in [2.75, 3.05) is 12.3 Å². The number of carboxylic acids is 1. The molecule has 0 saturated carbocycles. The Morgan fingerprint density at radius 1 is 0.886 bits per heavy atom. The molecule has 4 unspecified atom stereocenters. The van der Waals surface area contributed by atoms with Crippen LogP contribution in [0.3, 0.4) is 0 Å². The van der Waals surface area contributed by atoms with Gasteiger partial charge in [-0.2, -0.15) is 12.6 Å². The molecular formula is C22H34N6O6S. The molecule has 1 aromatic carbocycles. The summed E-state index contributed by atoms with van der Waals surface area (Å²) >= 11 is 3.93. The number of aliphatic carboxylic acids is 1. The maximum atomic E-state index is 13.2. The maximum Gasteiger partial charge on any atom is 0.327 e. The zero-order valence-corrected chi connectivity index (χ0v) is 20.2. The number of carboxylic acid groups (broad SMARTS) is 1. The fourth-order valence-corrected chi connectivity index (χ4v) is 3.39. The molecule has 35 heavy (non-hydrogen) atoms. The third-order valence-corrected chi connectivity index (χ3v) is 5.42. The Labute approximate surface area is 209 Å². The number of nitrogens with two attached hydrogens (primary N) is 3. The lowest BCUT2D eigenvalue weighted by atomic mass is 10.0. The second-order valence-electron chi connectivity index (χ2n) is 7.96. The van der Waals surface area contributed by atoms with Gasteiger partial charge < -0.3 is 38.3 Å². The third-order valence-electron chi connectivity index (χ3n) is 5.05. The van der Waals surface area contributed by atoms with Crippen molar-refractivity contribution in [3.05, 3.63) is 35.9 Å². The van der Waals surface area contributed by atoms with E-state index in [-0.39, 0.29) is 18.6 Å². The summed E-state index contributed by atoms with van der Waals surface area (Å²) in [5.74, 6) is -4.32. The minimum Gasteiger partial charge on any atom is -0.480 e. The van der Waals surface area contributed by atoms with E-state index in [0.717, 1.165) is 5.56 Å². The van der Waals surface area contributed by atoms with Crippen LogP contribution in [0.5, 0.6) is 0 Å².